The van der Waals surface area contributed by atoms with Crippen molar-refractivity contribution in [2.45, 2.75) is 38.3 Å². The molecule has 1 fully saturated rings. The second-order valence-corrected chi connectivity index (χ2v) is 10.2. The van der Waals surface area contributed by atoms with Gasteiger partial charge in [-0.2, -0.15) is 0 Å². The molecule has 0 unspecified atom stereocenters. The molecule has 1 aliphatic rings. The summed E-state index contributed by atoms with van der Waals surface area (Å²) in [5.74, 6) is 1.45. The summed E-state index contributed by atoms with van der Waals surface area (Å²) in [7, 11) is 3.95. The van der Waals surface area contributed by atoms with E-state index in [1.165, 1.54) is 6.26 Å². The molecular weight excluding hydrogens is 488 g/mol. The van der Waals surface area contributed by atoms with Crippen LogP contribution in [0.4, 0.5) is 11.5 Å². The second kappa shape index (κ2) is 12.1. The SMILES string of the molecule is CN(C)c1ccc(-c2ccc(CN(C(=O)C3CCC(O)CC3)c3cccc(/C=C/c4ncco4)c3)cc2)cn1. The number of amides is 1. The average Bonchev–Trinajstić information content (AvgIpc) is 3.49. The zero-order valence-corrected chi connectivity index (χ0v) is 22.4. The maximum absolute atomic E-state index is 13.8. The Labute approximate surface area is 229 Å². The molecule has 1 saturated carbocycles. The molecule has 2 aromatic carbocycles. The van der Waals surface area contributed by atoms with Crippen LogP contribution in [0.25, 0.3) is 23.3 Å². The lowest BCUT2D eigenvalue weighted by atomic mass is 9.86. The number of pyridine rings is 1. The Kier molecular flexibility index (Phi) is 8.18. The van der Waals surface area contributed by atoms with Crippen LogP contribution in [0.15, 0.2) is 83.7 Å². The Bertz CT molecular complexity index is 1390. The predicted molar refractivity (Wildman–Crippen MR) is 155 cm³/mol. The number of hydrogen-bond acceptors (Lipinski definition) is 6. The van der Waals surface area contributed by atoms with Crippen molar-refractivity contribution >= 4 is 29.6 Å². The van der Waals surface area contributed by atoms with Crippen LogP contribution in [0.1, 0.15) is 42.7 Å². The maximum atomic E-state index is 13.8. The van der Waals surface area contributed by atoms with E-state index < -0.39 is 0 Å². The van der Waals surface area contributed by atoms with Gasteiger partial charge in [0.1, 0.15) is 12.1 Å². The quantitative estimate of drug-likeness (QED) is 0.303. The molecule has 4 aromatic rings. The van der Waals surface area contributed by atoms with Crippen molar-refractivity contribution in [2.75, 3.05) is 23.9 Å². The van der Waals surface area contributed by atoms with Crippen LogP contribution in [-0.4, -0.2) is 41.2 Å². The van der Waals surface area contributed by atoms with Gasteiger partial charge in [-0.1, -0.05) is 36.4 Å². The first-order chi connectivity index (χ1) is 19.0. The molecule has 39 heavy (non-hydrogen) atoms. The van der Waals surface area contributed by atoms with Crippen molar-refractivity contribution in [1.29, 1.82) is 0 Å². The fourth-order valence-corrected chi connectivity index (χ4v) is 4.93. The minimum Gasteiger partial charge on any atom is -0.445 e. The summed E-state index contributed by atoms with van der Waals surface area (Å²) >= 11 is 0. The number of nitrogens with zero attached hydrogens (tertiary/aromatic N) is 4. The lowest BCUT2D eigenvalue weighted by Gasteiger charge is -2.31. The minimum atomic E-state index is -0.306. The second-order valence-electron chi connectivity index (χ2n) is 10.2. The molecule has 0 atom stereocenters. The minimum absolute atomic E-state index is 0.0968. The van der Waals surface area contributed by atoms with Crippen molar-refractivity contribution in [3.63, 3.8) is 0 Å². The van der Waals surface area contributed by atoms with Gasteiger partial charge in [-0.05, 0) is 72.7 Å². The summed E-state index contributed by atoms with van der Waals surface area (Å²) in [6.45, 7) is 0.461. The molecule has 0 bridgehead atoms. The third-order valence-electron chi connectivity index (χ3n) is 7.20. The number of anilines is 2. The van der Waals surface area contributed by atoms with E-state index in [2.05, 4.69) is 40.3 Å². The number of aliphatic hydroxyl groups is 1. The zero-order valence-electron chi connectivity index (χ0n) is 22.4. The summed E-state index contributed by atoms with van der Waals surface area (Å²) in [5.41, 5.74) is 4.96. The Morgan fingerprint density at radius 1 is 0.974 bits per heavy atom. The molecule has 0 saturated heterocycles. The fourth-order valence-electron chi connectivity index (χ4n) is 4.93. The first-order valence-electron chi connectivity index (χ1n) is 13.4. The van der Waals surface area contributed by atoms with Gasteiger partial charge in [0.05, 0.1) is 18.8 Å². The third-order valence-corrected chi connectivity index (χ3v) is 7.20. The van der Waals surface area contributed by atoms with Gasteiger partial charge in [0.2, 0.25) is 11.8 Å². The van der Waals surface area contributed by atoms with Gasteiger partial charge in [-0.15, -0.1) is 0 Å². The maximum Gasteiger partial charge on any atom is 0.230 e. The van der Waals surface area contributed by atoms with Gasteiger partial charge in [-0.3, -0.25) is 4.79 Å². The molecule has 200 valence electrons. The number of aromatic nitrogens is 2. The third kappa shape index (κ3) is 6.62. The number of oxazole rings is 1. The highest BCUT2D eigenvalue weighted by atomic mass is 16.3. The normalized spacial score (nSPS) is 17.3. The number of carbonyl (C=O) groups is 1. The number of aliphatic hydroxyl groups excluding tert-OH is 1. The molecule has 5 rings (SSSR count). The standard InChI is InChI=1S/C32H34N4O3/c1-35(2)30-16-13-27(21-34-30)25-9-6-24(7-10-25)22-36(32(38)26-11-14-29(37)15-12-26)28-5-3-4-23(20-28)8-17-31-33-18-19-39-31/h3-10,13,16-21,26,29,37H,11-12,14-15,22H2,1-2H3/b17-8+. The van der Waals surface area contributed by atoms with E-state index in [1.807, 2.05) is 72.6 Å². The molecule has 1 N–H and O–H groups in total. The molecule has 1 amide bonds. The molecule has 0 radical (unpaired) electrons. The van der Waals surface area contributed by atoms with Crippen molar-refractivity contribution in [1.82, 2.24) is 9.97 Å². The van der Waals surface area contributed by atoms with Crippen LogP contribution in [0.3, 0.4) is 0 Å². The largest absolute Gasteiger partial charge is 0.445 e. The van der Waals surface area contributed by atoms with E-state index in [1.54, 1.807) is 6.20 Å². The van der Waals surface area contributed by atoms with Gasteiger partial charge < -0.3 is 19.3 Å². The Hall–Kier alpha value is -4.23. The molecular formula is C32H34N4O3. The predicted octanol–water partition coefficient (Wildman–Crippen LogP) is 6.06. The van der Waals surface area contributed by atoms with Crippen molar-refractivity contribution in [2.24, 2.45) is 5.92 Å². The van der Waals surface area contributed by atoms with Gasteiger partial charge >= 0.3 is 0 Å². The summed E-state index contributed by atoms with van der Waals surface area (Å²) in [4.78, 5) is 26.3. The Balaban J connectivity index is 1.39. The van der Waals surface area contributed by atoms with Gasteiger partial charge in [0, 0.05) is 43.5 Å². The van der Waals surface area contributed by atoms with E-state index in [0.29, 0.717) is 38.1 Å². The van der Waals surface area contributed by atoms with E-state index in [-0.39, 0.29) is 17.9 Å². The van der Waals surface area contributed by atoms with Crippen molar-refractivity contribution in [3.8, 4) is 11.1 Å². The van der Waals surface area contributed by atoms with Crippen LogP contribution < -0.4 is 9.80 Å². The fraction of sp³-hybridized carbons (Fsp3) is 0.281. The molecule has 0 spiro atoms. The summed E-state index contributed by atoms with van der Waals surface area (Å²) in [6.07, 6.45) is 11.2. The van der Waals surface area contributed by atoms with E-state index in [9.17, 15) is 9.90 Å². The van der Waals surface area contributed by atoms with Crippen LogP contribution >= 0.6 is 0 Å². The summed E-state index contributed by atoms with van der Waals surface area (Å²) in [5, 5.41) is 9.98. The van der Waals surface area contributed by atoms with E-state index >= 15 is 0 Å². The molecule has 1 aliphatic carbocycles. The molecule has 2 aromatic heterocycles. The van der Waals surface area contributed by atoms with Crippen LogP contribution in [0.2, 0.25) is 0 Å². The van der Waals surface area contributed by atoms with E-state index in [4.69, 9.17) is 4.42 Å². The Morgan fingerprint density at radius 3 is 2.41 bits per heavy atom. The number of benzene rings is 2. The Morgan fingerprint density at radius 2 is 1.74 bits per heavy atom. The first-order valence-corrected chi connectivity index (χ1v) is 13.4. The van der Waals surface area contributed by atoms with Crippen LogP contribution in [0.5, 0.6) is 0 Å². The smallest absolute Gasteiger partial charge is 0.230 e. The highest BCUT2D eigenvalue weighted by molar-refractivity contribution is 5.95. The van der Waals surface area contributed by atoms with Crippen molar-refractivity contribution in [3.05, 3.63) is 96.3 Å². The van der Waals surface area contributed by atoms with Gasteiger partial charge in [0.15, 0.2) is 0 Å². The molecule has 0 aliphatic heterocycles. The molecule has 2 heterocycles. The first kappa shape index (κ1) is 26.4. The average molecular weight is 523 g/mol. The lowest BCUT2D eigenvalue weighted by molar-refractivity contribution is -0.124. The topological polar surface area (TPSA) is 82.7 Å². The summed E-state index contributed by atoms with van der Waals surface area (Å²) < 4.78 is 5.31. The van der Waals surface area contributed by atoms with Crippen molar-refractivity contribution < 1.29 is 14.3 Å². The number of hydrogen-bond donors (Lipinski definition) is 1. The lowest BCUT2D eigenvalue weighted by Crippen LogP contribution is -2.38. The number of rotatable bonds is 8. The van der Waals surface area contributed by atoms with Gasteiger partial charge in [0.25, 0.3) is 0 Å². The highest BCUT2D eigenvalue weighted by Gasteiger charge is 2.29. The van der Waals surface area contributed by atoms with E-state index in [0.717, 1.165) is 33.8 Å². The molecule has 7 nitrogen and oxygen atoms in total. The highest BCUT2D eigenvalue weighted by Crippen LogP contribution is 2.30. The molecule has 7 heteroatoms. The monoisotopic (exact) mass is 522 g/mol. The van der Waals surface area contributed by atoms with Gasteiger partial charge in [-0.25, -0.2) is 9.97 Å². The summed E-state index contributed by atoms with van der Waals surface area (Å²) in [6, 6.07) is 20.3. The zero-order chi connectivity index (χ0) is 27.2. The van der Waals surface area contributed by atoms with Crippen LogP contribution in [-0.2, 0) is 11.3 Å². The van der Waals surface area contributed by atoms with Crippen LogP contribution in [0, 0.1) is 5.92 Å². The number of carbonyl (C=O) groups excluding carboxylic acids is 1.